The van der Waals surface area contributed by atoms with Crippen molar-refractivity contribution < 1.29 is 8.78 Å². The zero-order chi connectivity index (χ0) is 13.4. The number of H-pyrrole nitrogens is 1. The fourth-order valence-electron chi connectivity index (χ4n) is 2.08. The average Bonchev–Trinajstić information content (AvgIpc) is 2.81. The molecule has 0 aliphatic heterocycles. The van der Waals surface area contributed by atoms with Crippen molar-refractivity contribution in [3.63, 3.8) is 0 Å². The average molecular weight is 259 g/mol. The molecule has 2 aromatic carbocycles. The van der Waals surface area contributed by atoms with Gasteiger partial charge in [0.1, 0.15) is 17.5 Å². The number of fused-ring (bicyclic) bond motifs is 1. The van der Waals surface area contributed by atoms with Crippen LogP contribution in [0.15, 0.2) is 36.4 Å². The molecule has 3 N–H and O–H groups in total. The van der Waals surface area contributed by atoms with E-state index < -0.39 is 11.6 Å². The van der Waals surface area contributed by atoms with Crippen molar-refractivity contribution in [2.24, 2.45) is 5.73 Å². The predicted molar refractivity (Wildman–Crippen MR) is 69.3 cm³/mol. The first kappa shape index (κ1) is 11.8. The smallest absolute Gasteiger partial charge is 0.138 e. The summed E-state index contributed by atoms with van der Waals surface area (Å²) in [4.78, 5) is 7.41. The summed E-state index contributed by atoms with van der Waals surface area (Å²) in [6, 6.07) is 8.89. The van der Waals surface area contributed by atoms with E-state index in [0.717, 1.165) is 22.7 Å². The molecule has 0 amide bonds. The highest BCUT2D eigenvalue weighted by atomic mass is 19.1. The molecule has 0 atom stereocenters. The van der Waals surface area contributed by atoms with Gasteiger partial charge in [0.05, 0.1) is 11.0 Å². The molecule has 0 saturated heterocycles. The molecule has 0 saturated carbocycles. The van der Waals surface area contributed by atoms with E-state index in [1.165, 1.54) is 12.1 Å². The van der Waals surface area contributed by atoms with Crippen LogP contribution >= 0.6 is 0 Å². The summed E-state index contributed by atoms with van der Waals surface area (Å²) in [6.45, 7) is 0.360. The zero-order valence-electron chi connectivity index (χ0n) is 9.95. The van der Waals surface area contributed by atoms with Crippen LogP contribution in [0.3, 0.4) is 0 Å². The van der Waals surface area contributed by atoms with Crippen LogP contribution < -0.4 is 5.73 Å². The third kappa shape index (κ3) is 2.08. The van der Waals surface area contributed by atoms with Crippen LogP contribution in [0.5, 0.6) is 0 Å². The Hall–Kier alpha value is -2.27. The molecule has 3 rings (SSSR count). The van der Waals surface area contributed by atoms with Gasteiger partial charge in [-0.1, -0.05) is 12.1 Å². The van der Waals surface area contributed by atoms with E-state index in [0.29, 0.717) is 17.9 Å². The highest BCUT2D eigenvalue weighted by Crippen LogP contribution is 2.24. The number of nitrogens with one attached hydrogen (secondary N) is 1. The number of benzene rings is 2. The molecule has 0 aliphatic rings. The SMILES string of the molecule is NCc1cccc2[nH]c(-c3cc(F)cc(F)c3)nc12. The minimum absolute atomic E-state index is 0.360. The normalized spacial score (nSPS) is 11.1. The van der Waals surface area contributed by atoms with Crippen LogP contribution in [-0.2, 0) is 6.54 Å². The van der Waals surface area contributed by atoms with Crippen LogP contribution in [0.4, 0.5) is 8.78 Å². The van der Waals surface area contributed by atoms with Crippen LogP contribution in [0, 0.1) is 11.6 Å². The summed E-state index contributed by atoms with van der Waals surface area (Å²) in [5.74, 6) is -0.835. The highest BCUT2D eigenvalue weighted by Gasteiger charge is 2.10. The molecule has 1 heterocycles. The lowest BCUT2D eigenvalue weighted by atomic mass is 10.2. The first-order valence-corrected chi connectivity index (χ1v) is 5.81. The Morgan fingerprint density at radius 2 is 1.84 bits per heavy atom. The number of imidazole rings is 1. The first-order chi connectivity index (χ1) is 9.17. The van der Waals surface area contributed by atoms with Gasteiger partial charge in [-0.2, -0.15) is 0 Å². The second kappa shape index (κ2) is 4.44. The molecule has 1 aromatic heterocycles. The number of hydrogen-bond donors (Lipinski definition) is 2. The Kier molecular flexibility index (Phi) is 2.76. The lowest BCUT2D eigenvalue weighted by Crippen LogP contribution is -1.96. The van der Waals surface area contributed by atoms with E-state index in [1.807, 2.05) is 18.2 Å². The van der Waals surface area contributed by atoms with Gasteiger partial charge in [-0.05, 0) is 23.8 Å². The monoisotopic (exact) mass is 259 g/mol. The lowest BCUT2D eigenvalue weighted by molar-refractivity contribution is 0.584. The summed E-state index contributed by atoms with van der Waals surface area (Å²) in [5.41, 5.74) is 8.42. The largest absolute Gasteiger partial charge is 0.338 e. The van der Waals surface area contributed by atoms with Gasteiger partial charge in [-0.15, -0.1) is 0 Å². The third-order valence-corrected chi connectivity index (χ3v) is 2.95. The molecule has 3 aromatic rings. The molecule has 0 bridgehead atoms. The number of para-hydroxylation sites is 1. The Morgan fingerprint density at radius 3 is 2.53 bits per heavy atom. The minimum Gasteiger partial charge on any atom is -0.338 e. The van der Waals surface area contributed by atoms with E-state index in [9.17, 15) is 8.78 Å². The maximum Gasteiger partial charge on any atom is 0.138 e. The van der Waals surface area contributed by atoms with Gasteiger partial charge in [0.15, 0.2) is 0 Å². The number of aromatic nitrogens is 2. The summed E-state index contributed by atoms with van der Waals surface area (Å²) in [5, 5.41) is 0. The van der Waals surface area contributed by atoms with E-state index >= 15 is 0 Å². The fraction of sp³-hybridized carbons (Fsp3) is 0.0714. The third-order valence-electron chi connectivity index (χ3n) is 2.95. The number of rotatable bonds is 2. The second-order valence-corrected chi connectivity index (χ2v) is 4.26. The second-order valence-electron chi connectivity index (χ2n) is 4.26. The molecular weight excluding hydrogens is 248 g/mol. The van der Waals surface area contributed by atoms with Crippen molar-refractivity contribution in [1.29, 1.82) is 0 Å². The van der Waals surface area contributed by atoms with E-state index in [4.69, 9.17) is 5.73 Å². The molecule has 96 valence electrons. The van der Waals surface area contributed by atoms with Crippen molar-refractivity contribution in [1.82, 2.24) is 9.97 Å². The van der Waals surface area contributed by atoms with E-state index in [2.05, 4.69) is 9.97 Å². The molecule has 0 spiro atoms. The zero-order valence-corrected chi connectivity index (χ0v) is 9.95. The number of aromatic amines is 1. The van der Waals surface area contributed by atoms with Gasteiger partial charge in [0.25, 0.3) is 0 Å². The van der Waals surface area contributed by atoms with Crippen molar-refractivity contribution in [3.8, 4) is 11.4 Å². The Labute approximate surface area is 108 Å². The van der Waals surface area contributed by atoms with Gasteiger partial charge in [0.2, 0.25) is 0 Å². The Bertz CT molecular complexity index is 729. The quantitative estimate of drug-likeness (QED) is 0.743. The molecule has 0 unspecified atom stereocenters. The molecule has 0 aliphatic carbocycles. The summed E-state index contributed by atoms with van der Waals surface area (Å²) in [7, 11) is 0. The molecule has 19 heavy (non-hydrogen) atoms. The van der Waals surface area contributed by atoms with Crippen molar-refractivity contribution in [2.45, 2.75) is 6.54 Å². The van der Waals surface area contributed by atoms with Gasteiger partial charge < -0.3 is 10.7 Å². The predicted octanol–water partition coefficient (Wildman–Crippen LogP) is 2.97. The van der Waals surface area contributed by atoms with Crippen molar-refractivity contribution in [3.05, 3.63) is 53.6 Å². The molecule has 3 nitrogen and oxygen atoms in total. The first-order valence-electron chi connectivity index (χ1n) is 5.81. The van der Waals surface area contributed by atoms with Crippen LogP contribution in [0.1, 0.15) is 5.56 Å². The Morgan fingerprint density at radius 1 is 1.11 bits per heavy atom. The van der Waals surface area contributed by atoms with E-state index in [1.54, 1.807) is 0 Å². The lowest BCUT2D eigenvalue weighted by Gasteiger charge is -1.97. The number of hydrogen-bond acceptors (Lipinski definition) is 2. The summed E-state index contributed by atoms with van der Waals surface area (Å²) >= 11 is 0. The minimum atomic E-state index is -0.630. The van der Waals surface area contributed by atoms with Gasteiger partial charge >= 0.3 is 0 Å². The van der Waals surface area contributed by atoms with Gasteiger partial charge in [0, 0.05) is 18.2 Å². The van der Waals surface area contributed by atoms with Gasteiger partial charge in [-0.25, -0.2) is 13.8 Å². The number of nitrogens with two attached hydrogens (primary N) is 1. The van der Waals surface area contributed by atoms with E-state index in [-0.39, 0.29) is 0 Å². The molecule has 0 radical (unpaired) electrons. The summed E-state index contributed by atoms with van der Waals surface area (Å²) in [6.07, 6.45) is 0. The highest BCUT2D eigenvalue weighted by molar-refractivity contribution is 5.82. The van der Waals surface area contributed by atoms with Gasteiger partial charge in [-0.3, -0.25) is 0 Å². The van der Waals surface area contributed by atoms with Crippen LogP contribution in [0.25, 0.3) is 22.4 Å². The topological polar surface area (TPSA) is 54.7 Å². The van der Waals surface area contributed by atoms with Crippen LogP contribution in [-0.4, -0.2) is 9.97 Å². The standard InChI is InChI=1S/C14H11F2N3/c15-10-4-9(5-11(16)6-10)14-18-12-3-1-2-8(7-17)13(12)19-14/h1-6H,7,17H2,(H,18,19). The molecule has 5 heteroatoms. The van der Waals surface area contributed by atoms with Crippen LogP contribution in [0.2, 0.25) is 0 Å². The van der Waals surface area contributed by atoms with Crippen molar-refractivity contribution >= 4 is 11.0 Å². The Balaban J connectivity index is 2.20. The molecule has 0 fully saturated rings. The number of halogens is 2. The fourth-order valence-corrected chi connectivity index (χ4v) is 2.08. The summed E-state index contributed by atoms with van der Waals surface area (Å²) < 4.78 is 26.4. The molecular formula is C14H11F2N3. The van der Waals surface area contributed by atoms with Crippen molar-refractivity contribution in [2.75, 3.05) is 0 Å². The maximum atomic E-state index is 13.2. The number of nitrogens with zero attached hydrogens (tertiary/aromatic N) is 1. The maximum absolute atomic E-state index is 13.2.